The first kappa shape index (κ1) is 22.2. The van der Waals surface area contributed by atoms with Crippen molar-refractivity contribution in [2.24, 2.45) is 9.98 Å². The molecule has 0 radical (unpaired) electrons. The van der Waals surface area contributed by atoms with Crippen molar-refractivity contribution in [3.8, 4) is 5.69 Å². The molecule has 0 bridgehead atoms. The van der Waals surface area contributed by atoms with E-state index < -0.39 is 6.04 Å². The molecule has 0 amide bonds. The van der Waals surface area contributed by atoms with Crippen LogP contribution in [0.4, 0.5) is 27.3 Å². The number of rotatable bonds is 3. The third-order valence-electron chi connectivity index (χ3n) is 6.88. The topological polar surface area (TPSA) is 57.8 Å². The first-order valence-electron chi connectivity index (χ1n) is 12.5. The van der Waals surface area contributed by atoms with Gasteiger partial charge in [-0.05, 0) is 49.4 Å². The van der Waals surface area contributed by atoms with Crippen molar-refractivity contribution in [2.75, 3.05) is 10.2 Å². The van der Waals surface area contributed by atoms with E-state index in [1.807, 2.05) is 109 Å². The number of aromatic nitrogens is 2. The van der Waals surface area contributed by atoms with Crippen LogP contribution in [0.5, 0.6) is 0 Å². The molecule has 0 aliphatic carbocycles. The number of fused-ring (bicyclic) bond motifs is 4. The normalized spacial score (nSPS) is 15.6. The average molecular weight is 499 g/mol. The molecular weight excluding hydrogens is 475 g/mol. The summed E-state index contributed by atoms with van der Waals surface area (Å²) in [5.41, 5.74) is 5.60. The highest BCUT2D eigenvalue weighted by atomic mass is 19.1. The van der Waals surface area contributed by atoms with Crippen LogP contribution < -0.4 is 10.2 Å². The largest absolute Gasteiger partial charge is 0.337 e. The van der Waals surface area contributed by atoms with Crippen molar-refractivity contribution in [1.29, 1.82) is 0 Å². The van der Waals surface area contributed by atoms with Gasteiger partial charge in [0.05, 0.1) is 28.8 Å². The van der Waals surface area contributed by atoms with E-state index in [1.165, 1.54) is 6.07 Å². The summed E-state index contributed by atoms with van der Waals surface area (Å²) in [4.78, 5) is 12.2. The van der Waals surface area contributed by atoms with Gasteiger partial charge in [0.25, 0.3) is 0 Å². The van der Waals surface area contributed by atoms with E-state index in [0.29, 0.717) is 23.1 Å². The van der Waals surface area contributed by atoms with Crippen LogP contribution in [0, 0.1) is 12.7 Å². The van der Waals surface area contributed by atoms with Gasteiger partial charge in [-0.15, -0.1) is 0 Å². The minimum atomic E-state index is -0.500. The number of anilines is 2. The van der Waals surface area contributed by atoms with Gasteiger partial charge in [-0.25, -0.2) is 19.1 Å². The lowest BCUT2D eigenvalue weighted by Crippen LogP contribution is -2.46. The molecule has 0 saturated carbocycles. The molecule has 6 nitrogen and oxygen atoms in total. The summed E-state index contributed by atoms with van der Waals surface area (Å²) in [5, 5.41) is 8.35. The zero-order valence-electron chi connectivity index (χ0n) is 20.6. The van der Waals surface area contributed by atoms with E-state index in [9.17, 15) is 0 Å². The first-order valence-corrected chi connectivity index (χ1v) is 12.5. The summed E-state index contributed by atoms with van der Waals surface area (Å²) in [5.74, 6) is 1.56. The number of benzene rings is 4. The minimum Gasteiger partial charge on any atom is -0.337 e. The van der Waals surface area contributed by atoms with Gasteiger partial charge in [0.15, 0.2) is 17.5 Å². The number of aliphatic imine (C=N–C) groups is 2. The van der Waals surface area contributed by atoms with Gasteiger partial charge in [0.1, 0.15) is 5.82 Å². The molecule has 1 atom stereocenters. The minimum absolute atomic E-state index is 0.283. The lowest BCUT2D eigenvalue weighted by atomic mass is 9.93. The lowest BCUT2D eigenvalue weighted by molar-refractivity contribution is 0.597. The van der Waals surface area contributed by atoms with Crippen molar-refractivity contribution in [3.63, 3.8) is 0 Å². The summed E-state index contributed by atoms with van der Waals surface area (Å²) < 4.78 is 17.4. The molecule has 2 aliphatic heterocycles. The van der Waals surface area contributed by atoms with Crippen molar-refractivity contribution >= 4 is 34.6 Å². The second kappa shape index (κ2) is 8.81. The number of amidine groups is 2. The Kier molecular flexibility index (Phi) is 5.14. The van der Waals surface area contributed by atoms with Gasteiger partial charge in [0, 0.05) is 16.8 Å². The van der Waals surface area contributed by atoms with E-state index in [2.05, 4.69) is 10.2 Å². The highest BCUT2D eigenvalue weighted by Gasteiger charge is 2.42. The van der Waals surface area contributed by atoms with Crippen LogP contribution >= 0.6 is 0 Å². The van der Waals surface area contributed by atoms with Crippen LogP contribution in [0.15, 0.2) is 119 Å². The molecule has 1 N–H and O–H groups in total. The molecule has 184 valence electrons. The number of nitrogens with one attached hydrogen (secondary N) is 1. The fraction of sp³-hybridized carbons (Fsp3) is 0.0645. The molecule has 1 aromatic heterocycles. The molecule has 0 unspecified atom stereocenters. The first-order chi connectivity index (χ1) is 18.7. The fourth-order valence-corrected chi connectivity index (χ4v) is 5.20. The number of hydrogen-bond acceptors (Lipinski definition) is 5. The zero-order chi connectivity index (χ0) is 25.6. The van der Waals surface area contributed by atoms with Gasteiger partial charge in [-0.2, -0.15) is 5.10 Å². The number of para-hydroxylation sites is 4. The molecule has 7 rings (SSSR count). The van der Waals surface area contributed by atoms with E-state index in [1.54, 1.807) is 6.07 Å². The predicted molar refractivity (Wildman–Crippen MR) is 150 cm³/mol. The summed E-state index contributed by atoms with van der Waals surface area (Å²) in [6.07, 6.45) is 0. The third kappa shape index (κ3) is 3.51. The third-order valence-corrected chi connectivity index (χ3v) is 6.88. The SMILES string of the molecule is Cc1nn(-c2ccccc2)c2c1[C@@H](c1ccccc1F)N1C(=N2)C(Nc2ccccc2)=Nc2ccccc21. The molecule has 7 heteroatoms. The molecule has 4 aromatic carbocycles. The highest BCUT2D eigenvalue weighted by molar-refractivity contribution is 6.51. The Balaban J connectivity index is 1.52. The second-order valence-corrected chi connectivity index (χ2v) is 9.24. The maximum Gasteiger partial charge on any atom is 0.179 e. The molecule has 5 aromatic rings. The maximum atomic E-state index is 15.6. The molecule has 0 saturated heterocycles. The Morgan fingerprint density at radius 1 is 0.763 bits per heavy atom. The second-order valence-electron chi connectivity index (χ2n) is 9.24. The highest BCUT2D eigenvalue weighted by Crippen LogP contribution is 2.48. The monoisotopic (exact) mass is 498 g/mol. The molecule has 38 heavy (non-hydrogen) atoms. The van der Waals surface area contributed by atoms with Crippen LogP contribution in [-0.4, -0.2) is 21.5 Å². The number of hydrogen-bond donors (Lipinski definition) is 1. The lowest BCUT2D eigenvalue weighted by Gasteiger charge is -2.40. The quantitative estimate of drug-likeness (QED) is 0.288. The predicted octanol–water partition coefficient (Wildman–Crippen LogP) is 7.12. The Labute approximate surface area is 219 Å². The van der Waals surface area contributed by atoms with Crippen molar-refractivity contribution in [3.05, 3.63) is 132 Å². The van der Waals surface area contributed by atoms with E-state index >= 15 is 4.39 Å². The van der Waals surface area contributed by atoms with Crippen LogP contribution in [0.25, 0.3) is 5.69 Å². The van der Waals surface area contributed by atoms with Crippen LogP contribution in [-0.2, 0) is 0 Å². The summed E-state index contributed by atoms with van der Waals surface area (Å²) >= 11 is 0. The number of nitrogens with zero attached hydrogens (tertiary/aromatic N) is 5. The van der Waals surface area contributed by atoms with Crippen LogP contribution in [0.1, 0.15) is 22.9 Å². The molecule has 0 spiro atoms. The van der Waals surface area contributed by atoms with Gasteiger partial charge in [-0.3, -0.25) is 0 Å². The Hall–Kier alpha value is -5.04. The molecule has 0 fully saturated rings. The summed E-state index contributed by atoms with van der Waals surface area (Å²) in [6, 6.07) is 34.1. The standard InChI is InChI=1S/C31H23FN6/c1-20-27-28(23-16-8-9-17-24(23)32)37-26-19-11-10-18-25(26)34-29(33-21-12-4-2-5-13-21)31(37)35-30(27)38(36-20)22-14-6-3-7-15-22/h2-19,28H,1H3,(H,33,34)/t28-/m1/s1. The molecular formula is C31H23FN6. The number of halogens is 1. The van der Waals surface area contributed by atoms with Gasteiger partial charge in [-0.1, -0.05) is 66.7 Å². The van der Waals surface area contributed by atoms with Gasteiger partial charge in [0.2, 0.25) is 0 Å². The van der Waals surface area contributed by atoms with Gasteiger partial charge < -0.3 is 10.2 Å². The smallest absolute Gasteiger partial charge is 0.179 e. The van der Waals surface area contributed by atoms with Gasteiger partial charge >= 0.3 is 0 Å². The van der Waals surface area contributed by atoms with E-state index in [0.717, 1.165) is 34.0 Å². The molecule has 3 heterocycles. The molecule has 2 aliphatic rings. The van der Waals surface area contributed by atoms with Crippen LogP contribution in [0.2, 0.25) is 0 Å². The summed E-state index contributed by atoms with van der Waals surface area (Å²) in [7, 11) is 0. The Morgan fingerprint density at radius 2 is 1.45 bits per heavy atom. The fourth-order valence-electron chi connectivity index (χ4n) is 5.20. The van der Waals surface area contributed by atoms with E-state index in [4.69, 9.17) is 15.1 Å². The average Bonchev–Trinajstić information content (AvgIpc) is 3.29. The van der Waals surface area contributed by atoms with Crippen LogP contribution in [0.3, 0.4) is 0 Å². The van der Waals surface area contributed by atoms with Crippen molar-refractivity contribution < 1.29 is 4.39 Å². The van der Waals surface area contributed by atoms with Crippen molar-refractivity contribution in [1.82, 2.24) is 9.78 Å². The Morgan fingerprint density at radius 3 is 2.24 bits per heavy atom. The maximum absolute atomic E-state index is 15.6. The summed E-state index contributed by atoms with van der Waals surface area (Å²) in [6.45, 7) is 1.96. The van der Waals surface area contributed by atoms with E-state index in [-0.39, 0.29) is 5.82 Å². The van der Waals surface area contributed by atoms with Crippen molar-refractivity contribution in [2.45, 2.75) is 13.0 Å². The Bertz CT molecular complexity index is 1720. The number of aryl methyl sites for hydroxylation is 1. The zero-order valence-corrected chi connectivity index (χ0v) is 20.6.